The minimum Gasteiger partial charge on any atom is -0.462 e. The summed E-state index contributed by atoms with van der Waals surface area (Å²) in [5.41, 5.74) is -1.34. The Bertz CT molecular complexity index is 336. The summed E-state index contributed by atoms with van der Waals surface area (Å²) in [6, 6.07) is 0. The maximum atomic E-state index is 12.4. The van der Waals surface area contributed by atoms with Crippen molar-refractivity contribution in [1.29, 1.82) is 0 Å². The van der Waals surface area contributed by atoms with E-state index in [2.05, 4.69) is 6.58 Å². The lowest BCUT2D eigenvalue weighted by Gasteiger charge is -2.41. The van der Waals surface area contributed by atoms with E-state index in [1.807, 2.05) is 48.5 Å². The zero-order valence-corrected chi connectivity index (χ0v) is 14.7. The van der Waals surface area contributed by atoms with Crippen LogP contribution in [0.4, 0.5) is 0 Å². The van der Waals surface area contributed by atoms with Crippen LogP contribution in [-0.4, -0.2) is 37.0 Å². The third-order valence-corrected chi connectivity index (χ3v) is 3.98. The number of carbonyl (C=O) groups is 1. The van der Waals surface area contributed by atoms with Gasteiger partial charge in [0.1, 0.15) is 6.61 Å². The van der Waals surface area contributed by atoms with Crippen molar-refractivity contribution in [2.45, 2.75) is 72.7 Å². The minimum atomic E-state index is -0.748. The summed E-state index contributed by atoms with van der Waals surface area (Å²) in [4.78, 5) is 12.4. The van der Waals surface area contributed by atoms with Crippen LogP contribution in [0, 0.1) is 5.41 Å². The highest BCUT2D eigenvalue weighted by molar-refractivity contribution is 5.77. The first kappa shape index (κ1) is 20.1. The molecule has 0 saturated carbocycles. The molecular formula is C17H32O4. The number of esters is 1. The number of ether oxygens (including phenoxy) is 3. The Morgan fingerprint density at radius 2 is 1.81 bits per heavy atom. The molecule has 0 aromatic carbocycles. The Morgan fingerprint density at radius 1 is 1.24 bits per heavy atom. The third kappa shape index (κ3) is 5.79. The molecule has 0 aliphatic rings. The summed E-state index contributed by atoms with van der Waals surface area (Å²) in [7, 11) is 0. The fraction of sp³-hybridized carbons (Fsp3) is 0.824. The standard InChI is InChI=1S/C17H32O4/c1-9-11-20-17(8,10-2)16(6,7)15(18)19-12-14(5)21-13(3)4/h9,13-14H,1,10-12H2,2-8H3. The molecular weight excluding hydrogens is 268 g/mol. The zero-order valence-electron chi connectivity index (χ0n) is 14.7. The van der Waals surface area contributed by atoms with Crippen molar-refractivity contribution in [3.63, 3.8) is 0 Å². The van der Waals surface area contributed by atoms with Gasteiger partial charge in [-0.15, -0.1) is 6.58 Å². The molecule has 0 fully saturated rings. The molecule has 0 saturated heterocycles. The van der Waals surface area contributed by atoms with Crippen LogP contribution in [0.2, 0.25) is 0 Å². The van der Waals surface area contributed by atoms with Gasteiger partial charge in [-0.25, -0.2) is 0 Å². The predicted octanol–water partition coefficient (Wildman–Crippen LogP) is 3.74. The first-order valence-electron chi connectivity index (χ1n) is 7.68. The Morgan fingerprint density at radius 3 is 2.24 bits per heavy atom. The van der Waals surface area contributed by atoms with Crippen molar-refractivity contribution in [1.82, 2.24) is 0 Å². The average molecular weight is 300 g/mol. The molecule has 0 rings (SSSR count). The summed E-state index contributed by atoms with van der Waals surface area (Å²) >= 11 is 0. The van der Waals surface area contributed by atoms with Crippen molar-refractivity contribution in [3.05, 3.63) is 12.7 Å². The SMILES string of the molecule is C=CCOC(C)(CC)C(C)(C)C(=O)OCC(C)OC(C)C. The topological polar surface area (TPSA) is 44.8 Å². The normalized spacial score (nSPS) is 16.4. The number of hydrogen-bond acceptors (Lipinski definition) is 4. The van der Waals surface area contributed by atoms with Crippen LogP contribution in [-0.2, 0) is 19.0 Å². The van der Waals surface area contributed by atoms with Gasteiger partial charge >= 0.3 is 5.97 Å². The monoisotopic (exact) mass is 300 g/mol. The molecule has 0 aliphatic carbocycles. The second kappa shape index (κ2) is 8.54. The Balaban J connectivity index is 4.72. The second-order valence-electron chi connectivity index (χ2n) is 6.40. The van der Waals surface area contributed by atoms with Crippen LogP contribution in [0.3, 0.4) is 0 Å². The summed E-state index contributed by atoms with van der Waals surface area (Å²) in [6.07, 6.45) is 2.39. The molecule has 0 radical (unpaired) electrons. The molecule has 4 nitrogen and oxygen atoms in total. The summed E-state index contributed by atoms with van der Waals surface area (Å²) in [5.74, 6) is -0.268. The minimum absolute atomic E-state index is 0.114. The molecule has 21 heavy (non-hydrogen) atoms. The van der Waals surface area contributed by atoms with Gasteiger partial charge in [0.25, 0.3) is 0 Å². The van der Waals surface area contributed by atoms with E-state index >= 15 is 0 Å². The van der Waals surface area contributed by atoms with Gasteiger partial charge in [0.2, 0.25) is 0 Å². The third-order valence-electron chi connectivity index (χ3n) is 3.98. The van der Waals surface area contributed by atoms with E-state index in [9.17, 15) is 4.79 Å². The van der Waals surface area contributed by atoms with Crippen LogP contribution >= 0.6 is 0 Å². The van der Waals surface area contributed by atoms with Gasteiger partial charge in [0, 0.05) is 0 Å². The van der Waals surface area contributed by atoms with E-state index < -0.39 is 11.0 Å². The van der Waals surface area contributed by atoms with E-state index in [1.165, 1.54) is 0 Å². The van der Waals surface area contributed by atoms with E-state index in [1.54, 1.807) is 6.08 Å². The summed E-state index contributed by atoms with van der Waals surface area (Å²) in [5, 5.41) is 0. The summed E-state index contributed by atoms with van der Waals surface area (Å²) < 4.78 is 16.8. The van der Waals surface area contributed by atoms with Gasteiger partial charge < -0.3 is 14.2 Å². The molecule has 2 atom stereocenters. The highest BCUT2D eigenvalue weighted by Crippen LogP contribution is 2.38. The van der Waals surface area contributed by atoms with Gasteiger partial charge in [0.15, 0.2) is 0 Å². The molecule has 0 aliphatic heterocycles. The molecule has 0 amide bonds. The molecule has 124 valence electrons. The average Bonchev–Trinajstić information content (AvgIpc) is 2.40. The lowest BCUT2D eigenvalue weighted by atomic mass is 9.74. The highest BCUT2D eigenvalue weighted by atomic mass is 16.6. The first-order chi connectivity index (χ1) is 9.60. The van der Waals surface area contributed by atoms with Crippen molar-refractivity contribution in [2.75, 3.05) is 13.2 Å². The van der Waals surface area contributed by atoms with Crippen LogP contribution in [0.5, 0.6) is 0 Å². The van der Waals surface area contributed by atoms with Gasteiger partial charge in [-0.3, -0.25) is 4.79 Å². The van der Waals surface area contributed by atoms with Gasteiger partial charge in [-0.2, -0.15) is 0 Å². The largest absolute Gasteiger partial charge is 0.462 e. The lowest BCUT2D eigenvalue weighted by Crippen LogP contribution is -2.50. The van der Waals surface area contributed by atoms with Gasteiger partial charge in [-0.1, -0.05) is 13.0 Å². The zero-order chi connectivity index (χ0) is 16.7. The quantitative estimate of drug-likeness (QED) is 0.455. The number of hydrogen-bond donors (Lipinski definition) is 0. The summed E-state index contributed by atoms with van der Waals surface area (Å²) in [6.45, 7) is 17.8. The van der Waals surface area contributed by atoms with Crippen LogP contribution in [0.1, 0.15) is 54.9 Å². The van der Waals surface area contributed by atoms with Gasteiger partial charge in [-0.05, 0) is 48.0 Å². The van der Waals surface area contributed by atoms with Crippen molar-refractivity contribution >= 4 is 5.97 Å². The Hall–Kier alpha value is -0.870. The van der Waals surface area contributed by atoms with E-state index in [0.29, 0.717) is 13.0 Å². The second-order valence-corrected chi connectivity index (χ2v) is 6.40. The molecule has 0 N–H and O–H groups in total. The van der Waals surface area contributed by atoms with Crippen LogP contribution < -0.4 is 0 Å². The Labute approximate surface area is 129 Å². The molecule has 0 spiro atoms. The Kier molecular flexibility index (Phi) is 8.19. The first-order valence-corrected chi connectivity index (χ1v) is 7.68. The van der Waals surface area contributed by atoms with E-state index in [-0.39, 0.29) is 24.8 Å². The molecule has 0 heterocycles. The van der Waals surface area contributed by atoms with E-state index in [4.69, 9.17) is 14.2 Å². The van der Waals surface area contributed by atoms with Crippen molar-refractivity contribution < 1.29 is 19.0 Å². The smallest absolute Gasteiger partial charge is 0.314 e. The van der Waals surface area contributed by atoms with E-state index in [0.717, 1.165) is 0 Å². The fourth-order valence-corrected chi connectivity index (χ4v) is 2.06. The molecule has 0 aromatic heterocycles. The maximum absolute atomic E-state index is 12.4. The van der Waals surface area contributed by atoms with Gasteiger partial charge in [0.05, 0.1) is 29.8 Å². The van der Waals surface area contributed by atoms with Crippen LogP contribution in [0.25, 0.3) is 0 Å². The molecule has 2 unspecified atom stereocenters. The maximum Gasteiger partial charge on any atom is 0.314 e. The lowest BCUT2D eigenvalue weighted by molar-refractivity contribution is -0.180. The fourth-order valence-electron chi connectivity index (χ4n) is 2.06. The highest BCUT2D eigenvalue weighted by Gasteiger charge is 2.47. The molecule has 4 heteroatoms. The number of rotatable bonds is 10. The molecule has 0 bridgehead atoms. The van der Waals surface area contributed by atoms with Crippen LogP contribution in [0.15, 0.2) is 12.7 Å². The number of carbonyl (C=O) groups excluding carboxylic acids is 1. The predicted molar refractivity (Wildman–Crippen MR) is 85.3 cm³/mol. The van der Waals surface area contributed by atoms with Crippen molar-refractivity contribution in [2.24, 2.45) is 5.41 Å². The molecule has 0 aromatic rings. The van der Waals surface area contributed by atoms with Crippen molar-refractivity contribution in [3.8, 4) is 0 Å².